The maximum Gasteiger partial charge on any atom is 0.247 e. The number of hydrogen-bond acceptors (Lipinski definition) is 4. The predicted octanol–water partition coefficient (Wildman–Crippen LogP) is 0.443. The molecule has 0 bridgehead atoms. The molecule has 0 aliphatic heterocycles. The Labute approximate surface area is 72.7 Å². The van der Waals surface area contributed by atoms with E-state index < -0.39 is 9.84 Å². The number of hydrogen-bond donors (Lipinski definition) is 0. The average molecular weight is 236 g/mol. The smallest absolute Gasteiger partial charge is 0.226 e. The van der Waals surface area contributed by atoms with E-state index in [1.165, 1.54) is 6.20 Å². The molecule has 59 valence electrons. The molecule has 0 saturated heterocycles. The Kier molecular flexibility index (Phi) is 2.24. The van der Waals surface area contributed by atoms with Gasteiger partial charge < -0.3 is 0 Å². The molecule has 1 rings (SSSR count). The fourth-order valence-corrected chi connectivity index (χ4v) is 1.10. The van der Waals surface area contributed by atoms with E-state index in [1.807, 2.05) is 0 Å². The summed E-state index contributed by atoms with van der Waals surface area (Å²) in [6.45, 7) is 0. The summed E-state index contributed by atoms with van der Waals surface area (Å²) in [5, 5.41) is -0.208. The van der Waals surface area contributed by atoms with E-state index in [9.17, 15) is 8.42 Å². The summed E-state index contributed by atoms with van der Waals surface area (Å²) in [4.78, 5) is 7.05. The number of rotatable bonds is 1. The van der Waals surface area contributed by atoms with Gasteiger partial charge in [0.2, 0.25) is 15.0 Å². The van der Waals surface area contributed by atoms with Gasteiger partial charge in [-0.2, -0.15) is 0 Å². The van der Waals surface area contributed by atoms with Crippen LogP contribution < -0.4 is 0 Å². The van der Waals surface area contributed by atoms with E-state index in [0.717, 1.165) is 6.26 Å². The molecule has 0 spiro atoms. The van der Waals surface area contributed by atoms with Gasteiger partial charge in [0.05, 0.1) is 4.47 Å². The first-order chi connectivity index (χ1) is 5.00. The van der Waals surface area contributed by atoms with Crippen molar-refractivity contribution in [3.63, 3.8) is 0 Å². The van der Waals surface area contributed by atoms with Crippen molar-refractivity contribution >= 4 is 25.8 Å². The van der Waals surface area contributed by atoms with E-state index in [2.05, 4.69) is 32.1 Å². The van der Waals surface area contributed by atoms with Gasteiger partial charge in [0, 0.05) is 12.5 Å². The number of nitrogens with zero attached hydrogens (tertiary/aromatic N) is 2. The zero-order valence-electron chi connectivity index (χ0n) is 5.57. The fourth-order valence-electron chi connectivity index (χ4n) is 0.450. The third-order valence-corrected chi connectivity index (χ3v) is 2.12. The molecule has 0 atom stereocenters. The van der Waals surface area contributed by atoms with E-state index in [4.69, 9.17) is 0 Å². The molecule has 0 aliphatic carbocycles. The van der Waals surface area contributed by atoms with Crippen LogP contribution >= 0.6 is 15.9 Å². The molecule has 1 aromatic heterocycles. The fraction of sp³-hybridized carbons (Fsp3) is 0.200. The lowest BCUT2D eigenvalue weighted by molar-refractivity contribution is 0.592. The second-order valence-electron chi connectivity index (χ2n) is 1.88. The topological polar surface area (TPSA) is 59.9 Å². The van der Waals surface area contributed by atoms with Crippen molar-refractivity contribution in [1.82, 2.24) is 9.97 Å². The Balaban J connectivity index is 3.20. The Morgan fingerprint density at radius 3 is 2.64 bits per heavy atom. The van der Waals surface area contributed by atoms with E-state index in [-0.39, 0.29) is 5.16 Å². The minimum absolute atomic E-state index is 0.208. The van der Waals surface area contributed by atoms with Crippen molar-refractivity contribution < 1.29 is 8.42 Å². The molecule has 0 saturated carbocycles. The van der Waals surface area contributed by atoms with Crippen LogP contribution in [0.1, 0.15) is 0 Å². The van der Waals surface area contributed by atoms with Gasteiger partial charge in [-0.05, 0) is 15.9 Å². The van der Waals surface area contributed by atoms with Crippen LogP contribution in [0.3, 0.4) is 0 Å². The zero-order chi connectivity index (χ0) is 8.48. The first-order valence-electron chi connectivity index (χ1n) is 2.60. The second kappa shape index (κ2) is 2.86. The highest BCUT2D eigenvalue weighted by molar-refractivity contribution is 9.10. The lowest BCUT2D eigenvalue weighted by Crippen LogP contribution is -2.02. The minimum atomic E-state index is -3.29. The highest BCUT2D eigenvalue weighted by Crippen LogP contribution is 2.06. The predicted molar refractivity (Wildman–Crippen MR) is 41.7 cm³/mol. The van der Waals surface area contributed by atoms with Gasteiger partial charge in [-0.1, -0.05) is 0 Å². The van der Waals surface area contributed by atoms with Gasteiger partial charge in [-0.3, -0.25) is 0 Å². The van der Waals surface area contributed by atoms with Crippen LogP contribution in [0.2, 0.25) is 0 Å². The SMILES string of the molecule is CS(=O)(=O)c1n[c]c(Br)cn1. The summed E-state index contributed by atoms with van der Waals surface area (Å²) in [7, 11) is -3.29. The first kappa shape index (κ1) is 8.61. The van der Waals surface area contributed by atoms with Gasteiger partial charge in [0.1, 0.15) is 6.20 Å². The van der Waals surface area contributed by atoms with Gasteiger partial charge in [-0.15, -0.1) is 0 Å². The Hall–Kier alpha value is -0.490. The van der Waals surface area contributed by atoms with Crippen LogP contribution in [0.5, 0.6) is 0 Å². The molecule has 0 aliphatic rings. The quantitative estimate of drug-likeness (QED) is 0.664. The molecule has 4 nitrogen and oxygen atoms in total. The van der Waals surface area contributed by atoms with Crippen LogP contribution in [0.15, 0.2) is 15.8 Å². The van der Waals surface area contributed by atoms with Crippen LogP contribution in [0, 0.1) is 6.20 Å². The molecular formula is C5H4BrN2O2S. The van der Waals surface area contributed by atoms with E-state index >= 15 is 0 Å². The first-order valence-corrected chi connectivity index (χ1v) is 5.29. The lowest BCUT2D eigenvalue weighted by atomic mass is 10.7. The Bertz CT molecular complexity index is 345. The molecule has 1 heterocycles. The summed E-state index contributed by atoms with van der Waals surface area (Å²) >= 11 is 3.04. The van der Waals surface area contributed by atoms with Crippen LogP contribution in [0.4, 0.5) is 0 Å². The van der Waals surface area contributed by atoms with Gasteiger partial charge in [-0.25, -0.2) is 18.4 Å². The van der Waals surface area contributed by atoms with Gasteiger partial charge >= 0.3 is 0 Å². The summed E-state index contributed by atoms with van der Waals surface area (Å²) in [6, 6.07) is 0. The largest absolute Gasteiger partial charge is 0.247 e. The van der Waals surface area contributed by atoms with E-state index in [1.54, 1.807) is 0 Å². The molecule has 0 aromatic carbocycles. The Morgan fingerprint density at radius 1 is 1.64 bits per heavy atom. The Morgan fingerprint density at radius 2 is 2.27 bits per heavy atom. The summed E-state index contributed by atoms with van der Waals surface area (Å²) in [5.41, 5.74) is 0. The maximum absolute atomic E-state index is 10.8. The molecule has 0 fully saturated rings. The van der Waals surface area contributed by atoms with Crippen LogP contribution in [0.25, 0.3) is 0 Å². The third-order valence-electron chi connectivity index (χ3n) is 0.878. The maximum atomic E-state index is 10.8. The molecule has 1 aromatic rings. The lowest BCUT2D eigenvalue weighted by Gasteiger charge is -1.93. The molecule has 6 heteroatoms. The normalized spacial score (nSPS) is 11.5. The highest BCUT2D eigenvalue weighted by Gasteiger charge is 2.09. The monoisotopic (exact) mass is 235 g/mol. The van der Waals surface area contributed by atoms with Gasteiger partial charge in [0.15, 0.2) is 0 Å². The second-order valence-corrected chi connectivity index (χ2v) is 4.65. The highest BCUT2D eigenvalue weighted by atomic mass is 79.9. The number of aromatic nitrogens is 2. The number of halogens is 1. The number of sulfone groups is 1. The molecule has 1 radical (unpaired) electrons. The third kappa shape index (κ3) is 2.23. The van der Waals surface area contributed by atoms with E-state index in [0.29, 0.717) is 4.47 Å². The van der Waals surface area contributed by atoms with Crippen LogP contribution in [-0.4, -0.2) is 24.6 Å². The molecule has 0 N–H and O–H groups in total. The molecule has 0 amide bonds. The molecular weight excluding hydrogens is 232 g/mol. The van der Waals surface area contributed by atoms with Crippen LogP contribution in [-0.2, 0) is 9.84 Å². The molecule has 11 heavy (non-hydrogen) atoms. The summed E-state index contributed by atoms with van der Waals surface area (Å²) in [5.74, 6) is 0. The standard InChI is InChI=1S/C5H4BrN2O2S/c1-11(9,10)5-7-2-4(6)3-8-5/h2H,1H3. The van der Waals surface area contributed by atoms with Crippen molar-refractivity contribution in [1.29, 1.82) is 0 Å². The van der Waals surface area contributed by atoms with Crippen molar-refractivity contribution in [2.45, 2.75) is 5.16 Å². The zero-order valence-corrected chi connectivity index (χ0v) is 7.98. The van der Waals surface area contributed by atoms with Crippen molar-refractivity contribution in [2.75, 3.05) is 6.26 Å². The van der Waals surface area contributed by atoms with Crippen molar-refractivity contribution in [3.8, 4) is 0 Å². The summed E-state index contributed by atoms with van der Waals surface area (Å²) in [6.07, 6.45) is 4.81. The van der Waals surface area contributed by atoms with Crippen molar-refractivity contribution in [2.24, 2.45) is 0 Å². The summed E-state index contributed by atoms with van der Waals surface area (Å²) < 4.78 is 22.1. The van der Waals surface area contributed by atoms with Crippen molar-refractivity contribution in [3.05, 3.63) is 16.9 Å². The average Bonchev–Trinajstić information content (AvgIpc) is 1.86. The minimum Gasteiger partial charge on any atom is -0.226 e. The van der Waals surface area contributed by atoms with Gasteiger partial charge in [0.25, 0.3) is 0 Å². The molecule has 0 unspecified atom stereocenters.